The van der Waals surface area contributed by atoms with E-state index >= 15 is 0 Å². The Kier molecular flexibility index (Phi) is 6.00. The van der Waals surface area contributed by atoms with Gasteiger partial charge in [0.25, 0.3) is 0 Å². The molecule has 21 heavy (non-hydrogen) atoms. The van der Waals surface area contributed by atoms with E-state index in [1.54, 1.807) is 7.11 Å². The van der Waals surface area contributed by atoms with Crippen molar-refractivity contribution in [2.24, 2.45) is 0 Å². The molecule has 0 aliphatic carbocycles. The van der Waals surface area contributed by atoms with Crippen LogP contribution >= 0.6 is 0 Å². The van der Waals surface area contributed by atoms with Gasteiger partial charge >= 0.3 is 0 Å². The van der Waals surface area contributed by atoms with E-state index in [2.05, 4.69) is 36.0 Å². The Morgan fingerprint density at radius 1 is 1.43 bits per heavy atom. The van der Waals surface area contributed by atoms with Crippen LogP contribution in [0.1, 0.15) is 43.0 Å². The first-order chi connectivity index (χ1) is 10.2. The van der Waals surface area contributed by atoms with Crippen molar-refractivity contribution in [1.82, 2.24) is 15.2 Å². The standard InChI is InChI=1S/C17H29N3O/c1-5-9-20(15-7-6-8-18-11-15)12-16-14(3)17(21-4)13(2)10-19-16/h10,15,18H,5-9,11-12H2,1-4H3. The summed E-state index contributed by atoms with van der Waals surface area (Å²) in [4.78, 5) is 7.24. The lowest BCUT2D eigenvalue weighted by atomic mass is 10.0. The first-order valence-corrected chi connectivity index (χ1v) is 8.11. The minimum atomic E-state index is 0.632. The van der Waals surface area contributed by atoms with Crippen LogP contribution in [0.4, 0.5) is 0 Å². The van der Waals surface area contributed by atoms with Crippen LogP contribution in [-0.4, -0.2) is 42.7 Å². The Labute approximate surface area is 128 Å². The molecule has 0 aromatic carbocycles. The molecule has 4 nitrogen and oxygen atoms in total. The second-order valence-corrected chi connectivity index (χ2v) is 6.02. The largest absolute Gasteiger partial charge is 0.496 e. The van der Waals surface area contributed by atoms with Crippen molar-refractivity contribution in [2.45, 2.75) is 52.6 Å². The predicted molar refractivity (Wildman–Crippen MR) is 86.9 cm³/mol. The first kappa shape index (κ1) is 16.2. The fourth-order valence-corrected chi connectivity index (χ4v) is 3.25. The van der Waals surface area contributed by atoms with Gasteiger partial charge in [-0.15, -0.1) is 0 Å². The quantitative estimate of drug-likeness (QED) is 0.874. The van der Waals surface area contributed by atoms with Crippen LogP contribution in [0.3, 0.4) is 0 Å². The molecule has 2 heterocycles. The molecule has 1 unspecified atom stereocenters. The minimum Gasteiger partial charge on any atom is -0.496 e. The topological polar surface area (TPSA) is 37.4 Å². The van der Waals surface area contributed by atoms with Crippen molar-refractivity contribution in [1.29, 1.82) is 0 Å². The molecule has 1 aliphatic rings. The number of nitrogens with one attached hydrogen (secondary N) is 1. The molecule has 4 heteroatoms. The molecule has 0 bridgehead atoms. The van der Waals surface area contributed by atoms with Crippen molar-refractivity contribution in [3.8, 4) is 5.75 Å². The third-order valence-corrected chi connectivity index (χ3v) is 4.40. The molecule has 0 spiro atoms. The molecule has 0 amide bonds. The lowest BCUT2D eigenvalue weighted by molar-refractivity contribution is 0.156. The zero-order valence-corrected chi connectivity index (χ0v) is 13.9. The maximum atomic E-state index is 5.53. The lowest BCUT2D eigenvalue weighted by Gasteiger charge is -2.34. The van der Waals surface area contributed by atoms with Crippen LogP contribution in [0.2, 0.25) is 0 Å². The highest BCUT2D eigenvalue weighted by Gasteiger charge is 2.22. The Morgan fingerprint density at radius 2 is 2.24 bits per heavy atom. The van der Waals surface area contributed by atoms with Gasteiger partial charge in [-0.1, -0.05) is 6.92 Å². The van der Waals surface area contributed by atoms with Gasteiger partial charge in [-0.25, -0.2) is 0 Å². The van der Waals surface area contributed by atoms with Crippen molar-refractivity contribution < 1.29 is 4.74 Å². The molecular weight excluding hydrogens is 262 g/mol. The molecule has 1 saturated heterocycles. The van der Waals surface area contributed by atoms with Crippen molar-refractivity contribution >= 4 is 0 Å². The number of hydrogen-bond acceptors (Lipinski definition) is 4. The van der Waals surface area contributed by atoms with E-state index < -0.39 is 0 Å². The predicted octanol–water partition coefficient (Wildman–Crippen LogP) is 2.67. The summed E-state index contributed by atoms with van der Waals surface area (Å²) in [5, 5.41) is 3.52. The van der Waals surface area contributed by atoms with Gasteiger partial charge < -0.3 is 10.1 Å². The smallest absolute Gasteiger partial charge is 0.128 e. The van der Waals surface area contributed by atoms with Gasteiger partial charge in [-0.3, -0.25) is 9.88 Å². The summed E-state index contributed by atoms with van der Waals surface area (Å²) in [6.07, 6.45) is 5.67. The zero-order valence-electron chi connectivity index (χ0n) is 13.9. The molecule has 1 N–H and O–H groups in total. The van der Waals surface area contributed by atoms with E-state index in [-0.39, 0.29) is 0 Å². The normalized spacial score (nSPS) is 19.0. The summed E-state index contributed by atoms with van der Waals surface area (Å²) in [6.45, 7) is 10.7. The highest BCUT2D eigenvalue weighted by atomic mass is 16.5. The van der Waals surface area contributed by atoms with Crippen molar-refractivity contribution in [3.63, 3.8) is 0 Å². The Hall–Kier alpha value is -1.13. The SMILES string of the molecule is CCCN(Cc1ncc(C)c(OC)c1C)C1CCCNC1. The molecule has 1 aliphatic heterocycles. The number of rotatable bonds is 6. The van der Waals surface area contributed by atoms with Crippen LogP contribution in [0.15, 0.2) is 6.20 Å². The van der Waals surface area contributed by atoms with Crippen molar-refractivity contribution in [3.05, 3.63) is 23.0 Å². The molecule has 1 aromatic heterocycles. The van der Waals surface area contributed by atoms with Gasteiger partial charge in [0.2, 0.25) is 0 Å². The van der Waals surface area contributed by atoms with Gasteiger partial charge in [0.15, 0.2) is 0 Å². The highest BCUT2D eigenvalue weighted by molar-refractivity contribution is 5.41. The van der Waals surface area contributed by atoms with E-state index in [1.807, 2.05) is 6.20 Å². The maximum absolute atomic E-state index is 5.53. The monoisotopic (exact) mass is 291 g/mol. The van der Waals surface area contributed by atoms with Crippen LogP contribution in [0, 0.1) is 13.8 Å². The summed E-state index contributed by atoms with van der Waals surface area (Å²) < 4.78 is 5.53. The van der Waals surface area contributed by atoms with Crippen LogP contribution < -0.4 is 10.1 Å². The van der Waals surface area contributed by atoms with Crippen LogP contribution in [0.25, 0.3) is 0 Å². The molecule has 0 saturated carbocycles. The van der Waals surface area contributed by atoms with Gasteiger partial charge in [0.1, 0.15) is 5.75 Å². The summed E-state index contributed by atoms with van der Waals surface area (Å²) in [5.41, 5.74) is 3.44. The second-order valence-electron chi connectivity index (χ2n) is 6.02. The number of piperidine rings is 1. The summed E-state index contributed by atoms with van der Waals surface area (Å²) in [6, 6.07) is 0.632. The van der Waals surface area contributed by atoms with Gasteiger partial charge in [0, 0.05) is 36.5 Å². The Balaban J connectivity index is 2.16. The van der Waals surface area contributed by atoms with E-state index in [0.717, 1.165) is 43.2 Å². The van der Waals surface area contributed by atoms with Crippen LogP contribution in [0.5, 0.6) is 5.75 Å². The lowest BCUT2D eigenvalue weighted by Crippen LogP contribution is -2.46. The minimum absolute atomic E-state index is 0.632. The van der Waals surface area contributed by atoms with E-state index in [1.165, 1.54) is 24.8 Å². The van der Waals surface area contributed by atoms with Crippen molar-refractivity contribution in [2.75, 3.05) is 26.7 Å². The molecular formula is C17H29N3O. The second kappa shape index (κ2) is 7.76. The number of aromatic nitrogens is 1. The van der Waals surface area contributed by atoms with E-state index in [9.17, 15) is 0 Å². The average molecular weight is 291 g/mol. The number of nitrogens with zero attached hydrogens (tertiary/aromatic N) is 2. The van der Waals surface area contributed by atoms with Gasteiger partial charge in [0.05, 0.1) is 12.8 Å². The maximum Gasteiger partial charge on any atom is 0.128 e. The van der Waals surface area contributed by atoms with Gasteiger partial charge in [-0.2, -0.15) is 0 Å². The molecule has 2 rings (SSSR count). The molecule has 1 fully saturated rings. The van der Waals surface area contributed by atoms with Gasteiger partial charge in [-0.05, 0) is 46.2 Å². The molecule has 0 radical (unpaired) electrons. The first-order valence-electron chi connectivity index (χ1n) is 8.11. The third kappa shape index (κ3) is 3.95. The summed E-state index contributed by atoms with van der Waals surface area (Å²) >= 11 is 0. The molecule has 1 aromatic rings. The number of ether oxygens (including phenoxy) is 1. The van der Waals surface area contributed by atoms with E-state index in [4.69, 9.17) is 4.74 Å². The third-order valence-electron chi connectivity index (χ3n) is 4.40. The summed E-state index contributed by atoms with van der Waals surface area (Å²) in [5.74, 6) is 0.984. The molecule has 1 atom stereocenters. The Bertz CT molecular complexity index is 456. The Morgan fingerprint density at radius 3 is 2.86 bits per heavy atom. The summed E-state index contributed by atoms with van der Waals surface area (Å²) in [7, 11) is 1.74. The number of methoxy groups -OCH3 is 1. The fraction of sp³-hybridized carbons (Fsp3) is 0.706. The number of aryl methyl sites for hydroxylation is 1. The van der Waals surface area contributed by atoms with Crippen LogP contribution in [-0.2, 0) is 6.54 Å². The number of hydrogen-bond donors (Lipinski definition) is 1. The van der Waals surface area contributed by atoms with E-state index in [0.29, 0.717) is 6.04 Å². The highest BCUT2D eigenvalue weighted by Crippen LogP contribution is 2.25. The fourth-order valence-electron chi connectivity index (χ4n) is 3.25. The average Bonchev–Trinajstić information content (AvgIpc) is 2.51. The zero-order chi connectivity index (χ0) is 15.2. The number of pyridine rings is 1. The molecule has 118 valence electrons.